The van der Waals surface area contributed by atoms with Gasteiger partial charge in [0, 0.05) is 5.56 Å². The molecule has 0 aromatic heterocycles. The number of benzene rings is 1. The minimum absolute atomic E-state index is 0.0609. The fraction of sp³-hybridized carbons (Fsp3) is 0.286. The zero-order chi connectivity index (χ0) is 12.7. The second kappa shape index (κ2) is 3.97. The summed E-state index contributed by atoms with van der Waals surface area (Å²) in [6.45, 7) is 0.314. The molecular formula is C14H12N2O2. The topological polar surface area (TPSA) is 63.4 Å². The van der Waals surface area contributed by atoms with Crippen LogP contribution in [0.2, 0.25) is 0 Å². The van der Waals surface area contributed by atoms with Gasteiger partial charge in [0.05, 0.1) is 24.1 Å². The van der Waals surface area contributed by atoms with Crippen LogP contribution >= 0.6 is 0 Å². The summed E-state index contributed by atoms with van der Waals surface area (Å²) >= 11 is 0. The Morgan fingerprint density at radius 1 is 1.17 bits per heavy atom. The molecule has 0 bridgehead atoms. The molecule has 2 aliphatic rings. The van der Waals surface area contributed by atoms with E-state index in [-0.39, 0.29) is 23.7 Å². The first-order chi connectivity index (χ1) is 8.72. The first kappa shape index (κ1) is 11.0. The highest BCUT2D eigenvalue weighted by Gasteiger charge is 2.59. The number of amides is 2. The summed E-state index contributed by atoms with van der Waals surface area (Å²) in [5.74, 6) is 5.40. The van der Waals surface area contributed by atoms with Gasteiger partial charge in [0.1, 0.15) is 0 Å². The normalized spacial score (nSPS) is 24.6. The largest absolute Gasteiger partial charge is 0.320 e. The molecule has 1 aliphatic carbocycles. The van der Waals surface area contributed by atoms with E-state index >= 15 is 0 Å². The van der Waals surface area contributed by atoms with Crippen LogP contribution < -0.4 is 10.6 Å². The zero-order valence-corrected chi connectivity index (χ0v) is 9.72. The quantitative estimate of drug-likeness (QED) is 0.574. The molecule has 1 aromatic carbocycles. The lowest BCUT2D eigenvalue weighted by Crippen LogP contribution is -2.32. The van der Waals surface area contributed by atoms with Crippen molar-refractivity contribution >= 4 is 17.5 Å². The van der Waals surface area contributed by atoms with Gasteiger partial charge in [-0.25, -0.2) is 0 Å². The summed E-state index contributed by atoms with van der Waals surface area (Å²) < 4.78 is 0. The molecule has 1 aromatic rings. The van der Waals surface area contributed by atoms with Crippen LogP contribution in [-0.4, -0.2) is 18.4 Å². The Morgan fingerprint density at radius 2 is 1.78 bits per heavy atom. The predicted molar refractivity (Wildman–Crippen MR) is 66.5 cm³/mol. The highest BCUT2D eigenvalue weighted by molar-refractivity contribution is 6.24. The lowest BCUT2D eigenvalue weighted by molar-refractivity contribution is -0.123. The van der Waals surface area contributed by atoms with Crippen molar-refractivity contribution in [1.29, 1.82) is 0 Å². The molecule has 1 aliphatic heterocycles. The van der Waals surface area contributed by atoms with Crippen molar-refractivity contribution in [2.24, 2.45) is 17.6 Å². The molecule has 2 unspecified atom stereocenters. The molecule has 1 heterocycles. The average Bonchev–Trinajstić information content (AvgIpc) is 3.13. The summed E-state index contributed by atoms with van der Waals surface area (Å²) in [7, 11) is 0. The number of imide groups is 1. The maximum atomic E-state index is 11.9. The molecule has 2 atom stereocenters. The maximum absolute atomic E-state index is 11.9. The Morgan fingerprint density at radius 3 is 2.33 bits per heavy atom. The van der Waals surface area contributed by atoms with Crippen LogP contribution in [0.25, 0.3) is 0 Å². The van der Waals surface area contributed by atoms with E-state index in [1.165, 1.54) is 4.90 Å². The second-order valence-electron chi connectivity index (χ2n) is 4.51. The van der Waals surface area contributed by atoms with Gasteiger partial charge >= 0.3 is 0 Å². The van der Waals surface area contributed by atoms with E-state index in [1.807, 2.05) is 0 Å². The minimum atomic E-state index is -0.0641. The van der Waals surface area contributed by atoms with Crippen molar-refractivity contribution in [2.45, 2.75) is 6.42 Å². The number of carbonyl (C=O) groups excluding carboxylic acids is 2. The third-order valence-electron chi connectivity index (χ3n) is 3.33. The summed E-state index contributed by atoms with van der Waals surface area (Å²) in [6.07, 6.45) is 0.730. The van der Waals surface area contributed by atoms with Crippen molar-refractivity contribution in [2.75, 3.05) is 11.4 Å². The molecule has 1 saturated carbocycles. The first-order valence-corrected chi connectivity index (χ1v) is 5.89. The number of fused-ring (bicyclic) bond motifs is 1. The molecule has 2 amide bonds. The van der Waals surface area contributed by atoms with Gasteiger partial charge in [-0.2, -0.15) is 0 Å². The number of piperidine rings is 1. The Kier molecular flexibility index (Phi) is 2.42. The lowest BCUT2D eigenvalue weighted by Gasteiger charge is -2.16. The molecular weight excluding hydrogens is 228 g/mol. The lowest BCUT2D eigenvalue weighted by atomic mass is 10.2. The van der Waals surface area contributed by atoms with E-state index < -0.39 is 0 Å². The van der Waals surface area contributed by atoms with Gasteiger partial charge in [0.2, 0.25) is 11.8 Å². The molecule has 3 rings (SSSR count). The van der Waals surface area contributed by atoms with Gasteiger partial charge < -0.3 is 5.73 Å². The van der Waals surface area contributed by atoms with Crippen LogP contribution in [0.15, 0.2) is 24.3 Å². The van der Waals surface area contributed by atoms with Crippen LogP contribution in [0.1, 0.15) is 12.0 Å². The predicted octanol–water partition coefficient (Wildman–Crippen LogP) is 0.506. The van der Waals surface area contributed by atoms with Gasteiger partial charge in [0.15, 0.2) is 0 Å². The second-order valence-corrected chi connectivity index (χ2v) is 4.51. The molecule has 18 heavy (non-hydrogen) atoms. The number of anilines is 1. The monoisotopic (exact) mass is 240 g/mol. The van der Waals surface area contributed by atoms with Crippen molar-refractivity contribution in [3.8, 4) is 11.8 Å². The van der Waals surface area contributed by atoms with Crippen LogP contribution in [0.5, 0.6) is 0 Å². The van der Waals surface area contributed by atoms with E-state index in [0.29, 0.717) is 12.2 Å². The van der Waals surface area contributed by atoms with Crippen LogP contribution in [0.4, 0.5) is 5.69 Å². The SMILES string of the molecule is NCC#Cc1ccc(N2C(=O)C3CC3C2=O)cc1. The highest BCUT2D eigenvalue weighted by atomic mass is 16.2. The number of nitrogens with two attached hydrogens (primary N) is 1. The molecule has 1 saturated heterocycles. The number of rotatable bonds is 1. The molecule has 0 radical (unpaired) electrons. The summed E-state index contributed by atoms with van der Waals surface area (Å²) in [5, 5.41) is 0. The Labute approximate surface area is 105 Å². The smallest absolute Gasteiger partial charge is 0.237 e. The minimum Gasteiger partial charge on any atom is -0.320 e. The van der Waals surface area contributed by atoms with Crippen LogP contribution in [0.3, 0.4) is 0 Å². The Bertz CT molecular complexity index is 560. The third kappa shape index (κ3) is 1.60. The van der Waals surface area contributed by atoms with Gasteiger partial charge in [-0.05, 0) is 30.7 Å². The van der Waals surface area contributed by atoms with Crippen molar-refractivity contribution in [1.82, 2.24) is 0 Å². The molecule has 4 nitrogen and oxygen atoms in total. The van der Waals surface area contributed by atoms with Crippen molar-refractivity contribution in [3.05, 3.63) is 29.8 Å². The Balaban J connectivity index is 1.85. The molecule has 90 valence electrons. The van der Waals surface area contributed by atoms with Gasteiger partial charge in [0.25, 0.3) is 0 Å². The number of hydrogen-bond acceptors (Lipinski definition) is 3. The number of carbonyl (C=O) groups is 2. The molecule has 2 N–H and O–H groups in total. The Hall–Kier alpha value is -2.12. The summed E-state index contributed by atoms with van der Waals surface area (Å²) in [6, 6.07) is 7.09. The van der Waals surface area contributed by atoms with E-state index in [2.05, 4.69) is 11.8 Å². The van der Waals surface area contributed by atoms with Gasteiger partial charge in [-0.1, -0.05) is 11.8 Å². The average molecular weight is 240 g/mol. The van der Waals surface area contributed by atoms with Crippen molar-refractivity contribution in [3.63, 3.8) is 0 Å². The van der Waals surface area contributed by atoms with E-state index in [0.717, 1.165) is 12.0 Å². The standard InChI is InChI=1S/C14H12N2O2/c15-7-1-2-9-3-5-10(6-4-9)16-13(17)11-8-12(11)14(16)18/h3-6,11-12H,7-8,15H2. The molecule has 2 fully saturated rings. The number of nitrogens with zero attached hydrogens (tertiary/aromatic N) is 1. The first-order valence-electron chi connectivity index (χ1n) is 5.89. The van der Waals surface area contributed by atoms with E-state index in [1.54, 1.807) is 24.3 Å². The van der Waals surface area contributed by atoms with Gasteiger partial charge in [-0.15, -0.1) is 0 Å². The zero-order valence-electron chi connectivity index (χ0n) is 9.72. The molecule has 0 spiro atoms. The highest BCUT2D eigenvalue weighted by Crippen LogP contribution is 2.48. The fourth-order valence-corrected chi connectivity index (χ4v) is 2.28. The van der Waals surface area contributed by atoms with Gasteiger partial charge in [-0.3, -0.25) is 14.5 Å². The molecule has 4 heteroatoms. The van der Waals surface area contributed by atoms with E-state index in [4.69, 9.17) is 5.73 Å². The van der Waals surface area contributed by atoms with Crippen LogP contribution in [0, 0.1) is 23.7 Å². The summed E-state index contributed by atoms with van der Waals surface area (Å²) in [5.41, 5.74) is 6.75. The van der Waals surface area contributed by atoms with E-state index in [9.17, 15) is 9.59 Å². The summed E-state index contributed by atoms with van der Waals surface area (Å²) in [4.78, 5) is 25.0. The third-order valence-corrected chi connectivity index (χ3v) is 3.33. The number of hydrogen-bond donors (Lipinski definition) is 1. The van der Waals surface area contributed by atoms with Crippen molar-refractivity contribution < 1.29 is 9.59 Å². The van der Waals surface area contributed by atoms with Crippen LogP contribution in [-0.2, 0) is 9.59 Å². The fourth-order valence-electron chi connectivity index (χ4n) is 2.28. The maximum Gasteiger partial charge on any atom is 0.237 e.